The molecular weight excluding hydrogens is 495 g/mol. The number of rotatable bonds is 7. The number of benzene rings is 2. The molecule has 29 heavy (non-hydrogen) atoms. The Morgan fingerprint density at radius 2 is 1.93 bits per heavy atom. The molecule has 4 rings (SSSR count). The molecule has 4 nitrogen and oxygen atoms in total. The maximum Gasteiger partial charge on any atom is 0.164 e. The van der Waals surface area contributed by atoms with Gasteiger partial charge in [0.05, 0.1) is 13.7 Å². The molecule has 1 aromatic heterocycles. The zero-order valence-corrected chi connectivity index (χ0v) is 20.0. The van der Waals surface area contributed by atoms with Crippen molar-refractivity contribution in [1.29, 1.82) is 0 Å². The van der Waals surface area contributed by atoms with Crippen molar-refractivity contribution < 1.29 is 9.47 Å². The molecule has 6 heteroatoms. The maximum atomic E-state index is 6.07. The van der Waals surface area contributed by atoms with Crippen LogP contribution >= 0.6 is 33.9 Å². The number of fused-ring (bicyclic) bond motifs is 1. The molecule has 0 saturated carbocycles. The second kappa shape index (κ2) is 9.53. The highest BCUT2D eigenvalue weighted by molar-refractivity contribution is 14.1. The van der Waals surface area contributed by atoms with E-state index in [1.807, 2.05) is 17.4 Å². The van der Waals surface area contributed by atoms with Crippen molar-refractivity contribution in [2.75, 3.05) is 51.3 Å². The van der Waals surface area contributed by atoms with Gasteiger partial charge in [0, 0.05) is 52.1 Å². The Bertz CT molecular complexity index is 967. The highest BCUT2D eigenvalue weighted by atomic mass is 127. The Labute approximate surface area is 190 Å². The van der Waals surface area contributed by atoms with Crippen LogP contribution in [0.1, 0.15) is 12.0 Å². The molecular formula is C23H27IN2O2S. The summed E-state index contributed by atoms with van der Waals surface area (Å²) in [5.41, 5.74) is 2.51. The molecule has 0 N–H and O–H groups in total. The minimum Gasteiger partial charge on any atom is -0.493 e. The van der Waals surface area contributed by atoms with E-state index < -0.39 is 0 Å². The topological polar surface area (TPSA) is 24.9 Å². The minimum absolute atomic E-state index is 0.715. The third-order valence-electron chi connectivity index (χ3n) is 5.48. The molecule has 0 atom stereocenters. The van der Waals surface area contributed by atoms with E-state index in [0.717, 1.165) is 56.2 Å². The van der Waals surface area contributed by atoms with Gasteiger partial charge in [-0.15, -0.1) is 11.3 Å². The minimum atomic E-state index is 0.715. The molecule has 1 fully saturated rings. The Hall–Kier alpha value is -1.51. The quantitative estimate of drug-likeness (QED) is 0.306. The van der Waals surface area contributed by atoms with Crippen LogP contribution in [-0.4, -0.2) is 51.3 Å². The second-order valence-corrected chi connectivity index (χ2v) is 9.59. The van der Waals surface area contributed by atoms with E-state index in [0.29, 0.717) is 6.61 Å². The number of anilines is 1. The normalized spacial score (nSPS) is 15.1. The summed E-state index contributed by atoms with van der Waals surface area (Å²) in [5.74, 6) is 1.70. The second-order valence-electron chi connectivity index (χ2n) is 7.39. The van der Waals surface area contributed by atoms with E-state index in [1.54, 1.807) is 7.11 Å². The smallest absolute Gasteiger partial charge is 0.164 e. The molecule has 1 saturated heterocycles. The predicted octanol–water partition coefficient (Wildman–Crippen LogP) is 5.41. The average molecular weight is 522 g/mol. The first-order chi connectivity index (χ1) is 14.2. The number of methoxy groups -OCH3 is 1. The van der Waals surface area contributed by atoms with Gasteiger partial charge in [0.25, 0.3) is 0 Å². The Morgan fingerprint density at radius 3 is 2.72 bits per heavy atom. The Morgan fingerprint density at radius 1 is 1.10 bits per heavy atom. The maximum absolute atomic E-state index is 6.07. The van der Waals surface area contributed by atoms with Gasteiger partial charge in [-0.25, -0.2) is 0 Å². The van der Waals surface area contributed by atoms with E-state index in [4.69, 9.17) is 9.47 Å². The molecule has 0 aliphatic carbocycles. The van der Waals surface area contributed by atoms with Crippen LogP contribution in [0, 0.1) is 10.5 Å². The van der Waals surface area contributed by atoms with Crippen molar-refractivity contribution in [3.63, 3.8) is 0 Å². The van der Waals surface area contributed by atoms with Crippen LogP contribution in [0.25, 0.3) is 10.1 Å². The van der Waals surface area contributed by atoms with E-state index in [2.05, 4.69) is 75.0 Å². The van der Waals surface area contributed by atoms with E-state index in [9.17, 15) is 0 Å². The van der Waals surface area contributed by atoms with Crippen molar-refractivity contribution in [2.45, 2.75) is 13.3 Å². The van der Waals surface area contributed by atoms with Crippen LogP contribution in [-0.2, 0) is 0 Å². The van der Waals surface area contributed by atoms with Crippen LogP contribution in [0.3, 0.4) is 0 Å². The Kier molecular flexibility index (Phi) is 6.82. The van der Waals surface area contributed by atoms with Gasteiger partial charge in [0.1, 0.15) is 0 Å². The fraction of sp³-hybridized carbons (Fsp3) is 0.391. The number of hydrogen-bond acceptors (Lipinski definition) is 5. The molecule has 3 aromatic rings. The number of piperazine rings is 1. The zero-order valence-electron chi connectivity index (χ0n) is 17.0. The van der Waals surface area contributed by atoms with Crippen LogP contribution in [0.5, 0.6) is 11.5 Å². The monoisotopic (exact) mass is 522 g/mol. The first kappa shape index (κ1) is 20.8. The zero-order chi connectivity index (χ0) is 20.2. The lowest BCUT2D eigenvalue weighted by Crippen LogP contribution is -2.46. The number of halogens is 1. The van der Waals surface area contributed by atoms with Crippen molar-refractivity contribution in [2.24, 2.45) is 0 Å². The van der Waals surface area contributed by atoms with Gasteiger partial charge in [0.15, 0.2) is 11.5 Å². The van der Waals surface area contributed by atoms with Crippen LogP contribution in [0.15, 0.2) is 41.8 Å². The van der Waals surface area contributed by atoms with Gasteiger partial charge >= 0.3 is 0 Å². The Balaban J connectivity index is 1.25. The van der Waals surface area contributed by atoms with Crippen molar-refractivity contribution in [3.05, 3.63) is 50.9 Å². The van der Waals surface area contributed by atoms with Crippen molar-refractivity contribution in [1.82, 2.24) is 4.90 Å². The van der Waals surface area contributed by atoms with Crippen molar-refractivity contribution >= 4 is 49.7 Å². The van der Waals surface area contributed by atoms with E-state index >= 15 is 0 Å². The third kappa shape index (κ3) is 4.81. The van der Waals surface area contributed by atoms with Gasteiger partial charge in [-0.2, -0.15) is 0 Å². The largest absolute Gasteiger partial charge is 0.493 e. The first-order valence-electron chi connectivity index (χ1n) is 10.1. The van der Waals surface area contributed by atoms with Crippen molar-refractivity contribution in [3.8, 4) is 11.5 Å². The molecule has 154 valence electrons. The molecule has 2 heterocycles. The van der Waals surface area contributed by atoms with Gasteiger partial charge in [-0.3, -0.25) is 4.90 Å². The third-order valence-corrected chi connectivity index (χ3v) is 6.98. The SMILES string of the molecule is COc1cc(I)cc(C)c1OCCCN1CCN(c2cccc3sccc23)CC1. The molecule has 1 aliphatic heterocycles. The van der Waals surface area contributed by atoms with E-state index in [-0.39, 0.29) is 0 Å². The van der Waals surface area contributed by atoms with Crippen LogP contribution in [0.4, 0.5) is 5.69 Å². The summed E-state index contributed by atoms with van der Waals surface area (Å²) < 4.78 is 14.1. The van der Waals surface area contributed by atoms with E-state index in [1.165, 1.54) is 19.3 Å². The van der Waals surface area contributed by atoms with Gasteiger partial charge in [-0.05, 0) is 77.2 Å². The number of hydrogen-bond donors (Lipinski definition) is 0. The van der Waals surface area contributed by atoms with Crippen LogP contribution in [0.2, 0.25) is 0 Å². The highest BCUT2D eigenvalue weighted by Gasteiger charge is 2.18. The molecule has 2 aromatic carbocycles. The molecule has 0 amide bonds. The number of nitrogens with zero attached hydrogens (tertiary/aromatic N) is 2. The first-order valence-corrected chi connectivity index (χ1v) is 12.0. The fourth-order valence-electron chi connectivity index (χ4n) is 3.96. The summed E-state index contributed by atoms with van der Waals surface area (Å²) >= 11 is 4.13. The molecule has 0 spiro atoms. The fourth-order valence-corrected chi connectivity index (χ4v) is 5.52. The van der Waals surface area contributed by atoms with Gasteiger partial charge < -0.3 is 14.4 Å². The summed E-state index contributed by atoms with van der Waals surface area (Å²) in [6.07, 6.45) is 1.02. The number of thiophene rings is 1. The van der Waals surface area contributed by atoms with Gasteiger partial charge in [-0.1, -0.05) is 6.07 Å². The summed E-state index contributed by atoms with van der Waals surface area (Å²) in [6, 6.07) is 13.1. The highest BCUT2D eigenvalue weighted by Crippen LogP contribution is 2.33. The predicted molar refractivity (Wildman–Crippen MR) is 131 cm³/mol. The molecule has 0 unspecified atom stereocenters. The van der Waals surface area contributed by atoms with Gasteiger partial charge in [0.2, 0.25) is 0 Å². The van der Waals surface area contributed by atoms with Crippen LogP contribution < -0.4 is 14.4 Å². The average Bonchev–Trinajstić information content (AvgIpc) is 3.21. The summed E-state index contributed by atoms with van der Waals surface area (Å²) in [4.78, 5) is 5.08. The standard InChI is InChI=1S/C23H27IN2O2S/c1-17-15-18(24)16-21(27-2)23(17)28-13-4-8-25-9-11-26(12-10-25)20-5-3-6-22-19(20)7-14-29-22/h3,5-7,14-16H,4,8-13H2,1-2H3. The molecule has 0 radical (unpaired) electrons. The molecule has 1 aliphatic rings. The summed E-state index contributed by atoms with van der Waals surface area (Å²) in [5, 5.41) is 3.58. The lowest BCUT2D eigenvalue weighted by Gasteiger charge is -2.36. The lowest BCUT2D eigenvalue weighted by molar-refractivity contribution is 0.221. The summed E-state index contributed by atoms with van der Waals surface area (Å²) in [7, 11) is 1.70. The number of ether oxygens (including phenoxy) is 2. The molecule has 0 bridgehead atoms. The number of aryl methyl sites for hydroxylation is 1. The summed E-state index contributed by atoms with van der Waals surface area (Å²) in [6.45, 7) is 8.24. The lowest BCUT2D eigenvalue weighted by atomic mass is 10.2.